The Morgan fingerprint density at radius 1 is 1.25 bits per heavy atom. The van der Waals surface area contributed by atoms with Crippen molar-refractivity contribution in [3.63, 3.8) is 0 Å². The van der Waals surface area contributed by atoms with Crippen molar-refractivity contribution in [3.8, 4) is 11.4 Å². The van der Waals surface area contributed by atoms with Gasteiger partial charge in [0.25, 0.3) is 0 Å². The van der Waals surface area contributed by atoms with Gasteiger partial charge in [0.05, 0.1) is 0 Å². The van der Waals surface area contributed by atoms with Crippen molar-refractivity contribution in [1.82, 2.24) is 9.97 Å². The minimum atomic E-state index is 0.510. The molecule has 2 heterocycles. The predicted octanol–water partition coefficient (Wildman–Crippen LogP) is 4.18. The molecule has 20 heavy (non-hydrogen) atoms. The highest BCUT2D eigenvalue weighted by molar-refractivity contribution is 6.29. The molecule has 0 spiro atoms. The molecule has 0 radical (unpaired) electrons. The smallest absolute Gasteiger partial charge is 0.163 e. The number of benzene rings is 1. The fraction of sp³-hybridized carbons (Fsp3) is 0.375. The summed E-state index contributed by atoms with van der Waals surface area (Å²) >= 11 is 6.19. The molecule has 0 N–H and O–H groups in total. The maximum Gasteiger partial charge on any atom is 0.163 e. The van der Waals surface area contributed by atoms with Crippen LogP contribution in [0, 0.1) is 0 Å². The molecule has 1 fully saturated rings. The van der Waals surface area contributed by atoms with E-state index in [1.54, 1.807) is 0 Å². The minimum Gasteiger partial charge on any atom is -0.353 e. The molecule has 1 saturated heterocycles. The number of hydrogen-bond donors (Lipinski definition) is 0. The zero-order valence-corrected chi connectivity index (χ0v) is 12.3. The third-order valence-electron chi connectivity index (χ3n) is 3.86. The molecule has 1 aliphatic rings. The van der Waals surface area contributed by atoms with Crippen molar-refractivity contribution in [1.29, 1.82) is 0 Å². The van der Waals surface area contributed by atoms with Gasteiger partial charge in [0, 0.05) is 24.2 Å². The largest absolute Gasteiger partial charge is 0.353 e. The Labute approximate surface area is 124 Å². The lowest BCUT2D eigenvalue weighted by molar-refractivity contribution is 0.640. The lowest BCUT2D eigenvalue weighted by Crippen LogP contribution is -2.29. The van der Waals surface area contributed by atoms with Gasteiger partial charge in [0.1, 0.15) is 11.0 Å². The highest BCUT2D eigenvalue weighted by Gasteiger charge is 2.24. The normalized spacial score (nSPS) is 18.5. The van der Waals surface area contributed by atoms with Crippen molar-refractivity contribution < 1.29 is 0 Å². The molecule has 3 rings (SSSR count). The van der Waals surface area contributed by atoms with Crippen LogP contribution in [0.25, 0.3) is 11.4 Å². The number of hydrogen-bond acceptors (Lipinski definition) is 3. The van der Waals surface area contributed by atoms with Gasteiger partial charge in [-0.2, -0.15) is 0 Å². The second-order valence-electron chi connectivity index (χ2n) is 5.14. The number of halogens is 1. The van der Waals surface area contributed by atoms with Gasteiger partial charge >= 0.3 is 0 Å². The Kier molecular flexibility index (Phi) is 3.88. The predicted molar refractivity (Wildman–Crippen MR) is 83.1 cm³/mol. The van der Waals surface area contributed by atoms with Crippen molar-refractivity contribution >= 4 is 17.4 Å². The first-order valence-electron chi connectivity index (χ1n) is 7.14. The fourth-order valence-electron chi connectivity index (χ4n) is 2.83. The van der Waals surface area contributed by atoms with Gasteiger partial charge in [-0.1, -0.05) is 48.9 Å². The second-order valence-corrected chi connectivity index (χ2v) is 5.52. The topological polar surface area (TPSA) is 29.0 Å². The van der Waals surface area contributed by atoms with Crippen molar-refractivity contribution in [3.05, 3.63) is 41.6 Å². The summed E-state index contributed by atoms with van der Waals surface area (Å²) in [5, 5.41) is 0.510. The SMILES string of the molecule is CCC1CCCN1c1cc(Cl)nc(-c2ccccc2)n1. The summed E-state index contributed by atoms with van der Waals surface area (Å²) in [5.74, 6) is 1.66. The van der Waals surface area contributed by atoms with E-state index in [4.69, 9.17) is 16.6 Å². The summed E-state index contributed by atoms with van der Waals surface area (Å²) in [4.78, 5) is 11.4. The van der Waals surface area contributed by atoms with Crippen LogP contribution in [0.4, 0.5) is 5.82 Å². The number of rotatable bonds is 3. The first-order valence-corrected chi connectivity index (χ1v) is 7.52. The molecule has 1 aliphatic heterocycles. The fourth-order valence-corrected chi connectivity index (χ4v) is 3.01. The maximum absolute atomic E-state index is 6.19. The monoisotopic (exact) mass is 287 g/mol. The van der Waals surface area contributed by atoms with E-state index in [0.717, 1.165) is 24.3 Å². The van der Waals surface area contributed by atoms with Gasteiger partial charge < -0.3 is 4.90 Å². The van der Waals surface area contributed by atoms with Crippen LogP contribution in [0.5, 0.6) is 0 Å². The van der Waals surface area contributed by atoms with Gasteiger partial charge in [-0.25, -0.2) is 9.97 Å². The van der Waals surface area contributed by atoms with Crippen molar-refractivity contribution in [2.45, 2.75) is 32.2 Å². The second kappa shape index (κ2) is 5.80. The maximum atomic E-state index is 6.19. The summed E-state index contributed by atoms with van der Waals surface area (Å²) in [5.41, 5.74) is 1.00. The molecule has 0 saturated carbocycles. The Balaban J connectivity index is 1.99. The lowest BCUT2D eigenvalue weighted by Gasteiger charge is -2.25. The van der Waals surface area contributed by atoms with Crippen LogP contribution in [0.1, 0.15) is 26.2 Å². The summed E-state index contributed by atoms with van der Waals surface area (Å²) < 4.78 is 0. The molecule has 3 nitrogen and oxygen atoms in total. The third-order valence-corrected chi connectivity index (χ3v) is 4.05. The third kappa shape index (κ3) is 2.63. The average molecular weight is 288 g/mol. The zero-order valence-electron chi connectivity index (χ0n) is 11.6. The van der Waals surface area contributed by atoms with Gasteiger partial charge in [0.15, 0.2) is 5.82 Å². The van der Waals surface area contributed by atoms with E-state index in [-0.39, 0.29) is 0 Å². The molecule has 0 amide bonds. The summed E-state index contributed by atoms with van der Waals surface area (Å²) in [6, 6.07) is 12.4. The Hall–Kier alpha value is -1.61. The van der Waals surface area contributed by atoms with E-state index in [1.165, 1.54) is 12.8 Å². The van der Waals surface area contributed by atoms with Gasteiger partial charge in [-0.15, -0.1) is 0 Å². The zero-order chi connectivity index (χ0) is 13.9. The van der Waals surface area contributed by atoms with Gasteiger partial charge in [-0.05, 0) is 19.3 Å². The molecule has 1 atom stereocenters. The van der Waals surface area contributed by atoms with E-state index in [1.807, 2.05) is 36.4 Å². The van der Waals surface area contributed by atoms with Crippen LogP contribution in [-0.2, 0) is 0 Å². The summed E-state index contributed by atoms with van der Waals surface area (Å²) in [6.45, 7) is 3.28. The van der Waals surface area contributed by atoms with Crippen LogP contribution in [-0.4, -0.2) is 22.6 Å². The number of aromatic nitrogens is 2. The standard InChI is InChI=1S/C16H18ClN3/c1-2-13-9-6-10-20(13)15-11-14(17)18-16(19-15)12-7-4-3-5-8-12/h3-5,7-8,11,13H,2,6,9-10H2,1H3. The Bertz CT molecular complexity index is 586. The van der Waals surface area contributed by atoms with Crippen molar-refractivity contribution in [2.75, 3.05) is 11.4 Å². The molecule has 4 heteroatoms. The van der Waals surface area contributed by atoms with E-state index in [9.17, 15) is 0 Å². The molecule has 104 valence electrons. The molecule has 0 aliphatic carbocycles. The van der Waals surface area contributed by atoms with Gasteiger partial charge in [-0.3, -0.25) is 0 Å². The summed E-state index contributed by atoms with van der Waals surface area (Å²) in [7, 11) is 0. The number of nitrogens with zero attached hydrogens (tertiary/aromatic N) is 3. The lowest BCUT2D eigenvalue weighted by atomic mass is 10.2. The average Bonchev–Trinajstić information content (AvgIpc) is 2.96. The number of anilines is 1. The minimum absolute atomic E-state index is 0.510. The highest BCUT2D eigenvalue weighted by atomic mass is 35.5. The van der Waals surface area contributed by atoms with Crippen molar-refractivity contribution in [2.24, 2.45) is 0 Å². The first kappa shape index (κ1) is 13.4. The molecule has 2 aromatic rings. The molecule has 1 unspecified atom stereocenters. The van der Waals surface area contributed by atoms with Gasteiger partial charge in [0.2, 0.25) is 0 Å². The molecule has 1 aromatic heterocycles. The van der Waals surface area contributed by atoms with Crippen LogP contribution in [0.2, 0.25) is 5.15 Å². The Morgan fingerprint density at radius 3 is 2.80 bits per heavy atom. The molecular weight excluding hydrogens is 270 g/mol. The molecular formula is C16H18ClN3. The first-order chi connectivity index (χ1) is 9.78. The van der Waals surface area contributed by atoms with Crippen LogP contribution < -0.4 is 4.90 Å². The van der Waals surface area contributed by atoms with E-state index >= 15 is 0 Å². The summed E-state index contributed by atoms with van der Waals surface area (Å²) in [6.07, 6.45) is 3.60. The van der Waals surface area contributed by atoms with E-state index in [2.05, 4.69) is 16.8 Å². The molecule has 1 aromatic carbocycles. The van der Waals surface area contributed by atoms with E-state index in [0.29, 0.717) is 17.0 Å². The van der Waals surface area contributed by atoms with Crippen LogP contribution in [0.3, 0.4) is 0 Å². The van der Waals surface area contributed by atoms with Crippen LogP contribution in [0.15, 0.2) is 36.4 Å². The quantitative estimate of drug-likeness (QED) is 0.793. The molecule has 0 bridgehead atoms. The van der Waals surface area contributed by atoms with E-state index < -0.39 is 0 Å². The highest BCUT2D eigenvalue weighted by Crippen LogP contribution is 2.29. The van der Waals surface area contributed by atoms with Crippen LogP contribution >= 0.6 is 11.6 Å². The Morgan fingerprint density at radius 2 is 2.05 bits per heavy atom.